The zero-order valence-electron chi connectivity index (χ0n) is 16.0. The number of methoxy groups -OCH3 is 1. The summed E-state index contributed by atoms with van der Waals surface area (Å²) in [6.07, 6.45) is 3.95. The predicted octanol–water partition coefficient (Wildman–Crippen LogP) is 4.93. The molecule has 2 aliphatic rings. The average molecular weight is 391 g/mol. The topological polar surface area (TPSA) is 54.4 Å². The third-order valence-electron chi connectivity index (χ3n) is 6.61. The van der Waals surface area contributed by atoms with Gasteiger partial charge < -0.3 is 15.2 Å². The lowest BCUT2D eigenvalue weighted by Crippen LogP contribution is -2.65. The highest BCUT2D eigenvalue weighted by Crippen LogP contribution is 2.59. The molecule has 1 aliphatic heterocycles. The van der Waals surface area contributed by atoms with Crippen molar-refractivity contribution in [2.24, 2.45) is 0 Å². The van der Waals surface area contributed by atoms with Crippen LogP contribution in [-0.4, -0.2) is 28.3 Å². The van der Waals surface area contributed by atoms with Gasteiger partial charge in [0.05, 0.1) is 23.3 Å². The number of aliphatic hydroxyl groups is 1. The maximum atomic E-state index is 15.1. The molecule has 2 aromatic rings. The van der Waals surface area contributed by atoms with Crippen LogP contribution < -0.4 is 10.1 Å². The Kier molecular flexibility index (Phi) is 3.99. The van der Waals surface area contributed by atoms with Crippen LogP contribution >= 0.6 is 11.6 Å². The average Bonchev–Trinajstić information content (AvgIpc) is 2.92. The monoisotopic (exact) mass is 390 g/mol. The quantitative estimate of drug-likeness (QED) is 0.763. The van der Waals surface area contributed by atoms with Crippen molar-refractivity contribution in [3.05, 3.63) is 40.8 Å². The molecule has 0 radical (unpaired) electrons. The number of rotatable bonds is 2. The third kappa shape index (κ3) is 2.41. The molecule has 6 heteroatoms. The number of nitrogens with zero attached hydrogens (tertiary/aromatic N) is 1. The molecule has 1 fully saturated rings. The van der Waals surface area contributed by atoms with Crippen LogP contribution in [0.5, 0.6) is 5.88 Å². The second-order valence-electron chi connectivity index (χ2n) is 8.38. The lowest BCUT2D eigenvalue weighted by atomic mass is 9.60. The minimum atomic E-state index is -0.918. The first kappa shape index (κ1) is 18.5. The highest BCUT2D eigenvalue weighted by atomic mass is 35.5. The molecule has 0 bridgehead atoms. The second-order valence-corrected chi connectivity index (χ2v) is 8.82. The molecule has 1 aromatic carbocycles. The summed E-state index contributed by atoms with van der Waals surface area (Å²) in [6.45, 7) is 6.04. The van der Waals surface area contributed by atoms with Gasteiger partial charge >= 0.3 is 0 Å². The fourth-order valence-electron chi connectivity index (χ4n) is 5.10. The van der Waals surface area contributed by atoms with Crippen molar-refractivity contribution in [1.82, 2.24) is 4.98 Å². The number of ether oxygens (including phenoxy) is 1. The Morgan fingerprint density at radius 3 is 2.63 bits per heavy atom. The first-order valence-electron chi connectivity index (χ1n) is 9.17. The molecule has 4 nitrogen and oxygen atoms in total. The standard InChI is InChI=1S/C21H24ClFN2O2/c1-19(2)21(26)7-5-6-20(21,3)15-9-13(16(23)10-17(15)25-19)14-8-12(22)11-24-18(14)27-4/h8-11,25-26H,5-7H2,1-4H3. The van der Waals surface area contributed by atoms with Crippen molar-refractivity contribution in [2.75, 3.05) is 12.4 Å². The minimum Gasteiger partial charge on any atom is -0.481 e. The largest absolute Gasteiger partial charge is 0.481 e. The number of fused-ring (bicyclic) bond motifs is 3. The van der Waals surface area contributed by atoms with Crippen LogP contribution in [0.15, 0.2) is 24.4 Å². The van der Waals surface area contributed by atoms with Crippen LogP contribution in [-0.2, 0) is 5.41 Å². The molecule has 1 aliphatic carbocycles. The van der Waals surface area contributed by atoms with Gasteiger partial charge in [-0.2, -0.15) is 0 Å². The molecule has 0 amide bonds. The normalized spacial score (nSPS) is 28.3. The zero-order valence-corrected chi connectivity index (χ0v) is 16.7. The second kappa shape index (κ2) is 5.82. The molecule has 0 saturated heterocycles. The molecule has 1 saturated carbocycles. The van der Waals surface area contributed by atoms with Crippen LogP contribution in [0.1, 0.15) is 45.6 Å². The van der Waals surface area contributed by atoms with Crippen molar-refractivity contribution in [2.45, 2.75) is 56.6 Å². The van der Waals surface area contributed by atoms with E-state index in [9.17, 15) is 5.11 Å². The molecular weight excluding hydrogens is 367 g/mol. The van der Waals surface area contributed by atoms with Gasteiger partial charge in [-0.15, -0.1) is 0 Å². The Balaban J connectivity index is 1.97. The van der Waals surface area contributed by atoms with Gasteiger partial charge in [-0.25, -0.2) is 9.37 Å². The van der Waals surface area contributed by atoms with E-state index < -0.39 is 16.6 Å². The van der Waals surface area contributed by atoms with E-state index in [4.69, 9.17) is 16.3 Å². The summed E-state index contributed by atoms with van der Waals surface area (Å²) < 4.78 is 20.4. The van der Waals surface area contributed by atoms with Gasteiger partial charge in [-0.3, -0.25) is 0 Å². The molecule has 2 heterocycles. The van der Waals surface area contributed by atoms with Crippen molar-refractivity contribution >= 4 is 17.3 Å². The highest BCUT2D eigenvalue weighted by molar-refractivity contribution is 6.30. The molecule has 2 N–H and O–H groups in total. The first-order chi connectivity index (χ1) is 12.6. The van der Waals surface area contributed by atoms with Gasteiger partial charge in [-0.1, -0.05) is 18.5 Å². The summed E-state index contributed by atoms with van der Waals surface area (Å²) in [5.41, 5.74) is 0.564. The van der Waals surface area contributed by atoms with E-state index in [1.54, 1.807) is 6.07 Å². The lowest BCUT2D eigenvalue weighted by Gasteiger charge is -2.55. The van der Waals surface area contributed by atoms with E-state index in [0.29, 0.717) is 28.5 Å². The van der Waals surface area contributed by atoms with Gasteiger partial charge in [0.25, 0.3) is 0 Å². The number of aromatic nitrogens is 1. The van der Waals surface area contributed by atoms with Gasteiger partial charge in [-0.05, 0) is 56.9 Å². The molecule has 27 heavy (non-hydrogen) atoms. The van der Waals surface area contributed by atoms with Gasteiger partial charge in [0.2, 0.25) is 5.88 Å². The van der Waals surface area contributed by atoms with E-state index >= 15 is 4.39 Å². The SMILES string of the molecule is COc1ncc(Cl)cc1-c1cc2c(cc1F)NC(C)(C)C1(O)CCCC21C. The molecular formula is C21H24ClFN2O2. The number of nitrogens with one attached hydrogen (secondary N) is 1. The summed E-state index contributed by atoms with van der Waals surface area (Å²) in [7, 11) is 1.50. The number of hydrogen-bond acceptors (Lipinski definition) is 4. The predicted molar refractivity (Wildman–Crippen MR) is 105 cm³/mol. The summed E-state index contributed by atoms with van der Waals surface area (Å²) in [5.74, 6) is -0.0689. The van der Waals surface area contributed by atoms with E-state index in [1.807, 2.05) is 19.9 Å². The maximum Gasteiger partial charge on any atom is 0.221 e. The first-order valence-corrected chi connectivity index (χ1v) is 9.55. The van der Waals surface area contributed by atoms with Crippen LogP contribution in [0.3, 0.4) is 0 Å². The van der Waals surface area contributed by atoms with E-state index in [0.717, 1.165) is 24.1 Å². The Morgan fingerprint density at radius 2 is 1.93 bits per heavy atom. The van der Waals surface area contributed by atoms with Crippen molar-refractivity contribution in [1.29, 1.82) is 0 Å². The summed E-state index contributed by atoms with van der Waals surface area (Å²) in [4.78, 5) is 4.16. The Bertz CT molecular complexity index is 933. The van der Waals surface area contributed by atoms with Gasteiger partial charge in [0.15, 0.2) is 0 Å². The molecule has 2 unspecified atom stereocenters. The maximum absolute atomic E-state index is 15.1. The molecule has 2 atom stereocenters. The number of benzene rings is 1. The van der Waals surface area contributed by atoms with Gasteiger partial charge in [0.1, 0.15) is 5.82 Å². The number of hydrogen-bond donors (Lipinski definition) is 2. The van der Waals surface area contributed by atoms with Crippen molar-refractivity contribution < 1.29 is 14.2 Å². The van der Waals surface area contributed by atoms with Crippen LogP contribution in [0.2, 0.25) is 5.02 Å². The summed E-state index contributed by atoms with van der Waals surface area (Å²) >= 11 is 6.10. The third-order valence-corrected chi connectivity index (χ3v) is 6.82. The number of halogens is 2. The molecule has 144 valence electrons. The molecule has 1 aromatic heterocycles. The summed E-state index contributed by atoms with van der Waals surface area (Å²) in [6, 6.07) is 4.98. The van der Waals surface area contributed by atoms with E-state index in [1.165, 1.54) is 19.4 Å². The smallest absolute Gasteiger partial charge is 0.221 e. The summed E-state index contributed by atoms with van der Waals surface area (Å²) in [5, 5.41) is 15.4. The fourth-order valence-corrected chi connectivity index (χ4v) is 5.26. The van der Waals surface area contributed by atoms with Crippen molar-refractivity contribution in [3.8, 4) is 17.0 Å². The van der Waals surface area contributed by atoms with Crippen LogP contribution in [0.25, 0.3) is 11.1 Å². The molecule has 0 spiro atoms. The zero-order chi connectivity index (χ0) is 19.6. The van der Waals surface area contributed by atoms with Crippen LogP contribution in [0.4, 0.5) is 10.1 Å². The minimum absolute atomic E-state index is 0.314. The van der Waals surface area contributed by atoms with E-state index in [2.05, 4.69) is 17.2 Å². The van der Waals surface area contributed by atoms with Gasteiger partial charge in [0, 0.05) is 28.4 Å². The Hall–Kier alpha value is -1.85. The van der Waals surface area contributed by atoms with E-state index in [-0.39, 0.29) is 5.82 Å². The molecule has 4 rings (SSSR count). The Morgan fingerprint density at radius 1 is 1.19 bits per heavy atom. The number of pyridine rings is 1. The van der Waals surface area contributed by atoms with Crippen molar-refractivity contribution in [3.63, 3.8) is 0 Å². The van der Waals surface area contributed by atoms with Crippen LogP contribution in [0, 0.1) is 5.82 Å². The lowest BCUT2D eigenvalue weighted by molar-refractivity contribution is -0.0628. The fraction of sp³-hybridized carbons (Fsp3) is 0.476. The Labute approximate surface area is 163 Å². The highest BCUT2D eigenvalue weighted by Gasteiger charge is 2.62. The number of anilines is 1.